The number of alkyl carbamates (subject to hydrolysis) is 1. The first-order chi connectivity index (χ1) is 26.5. The summed E-state index contributed by atoms with van der Waals surface area (Å²) < 4.78 is 18.3. The standard InChI is InChI=1S/C45H67ClN4O6/c1-27(11-9-19-47-20-10-21-48-37-17-22-49-38-25-31(46)12-13-33(37)38)34-14-15-35-41-36(26-40(45(34,35)8)55-29(3)52)44(7)18-16-32(50-42(53)56-43(4,5)6)23-30(44)24-39(41)54-28(2)51/h12-13,17,22,25,27,30,32,34-36,39-41,47H,9-11,14-16,18-21,23-24,26H2,1-8H3,(H,48,49)(H,50,53)/t27-,30+,32-,34-,35+,36+,39-,40+,41+,44+,45-/m1/s1. The summed E-state index contributed by atoms with van der Waals surface area (Å²) in [4.78, 5) is 42.7. The Bertz CT molecular complexity index is 1720. The lowest BCUT2D eigenvalue weighted by Gasteiger charge is -2.64. The van der Waals surface area contributed by atoms with E-state index < -0.39 is 5.60 Å². The summed E-state index contributed by atoms with van der Waals surface area (Å²) in [6.45, 7) is 18.7. The number of ether oxygens (including phenoxy) is 3. The number of nitrogens with zero attached hydrogens (tertiary/aromatic N) is 1. The highest BCUT2D eigenvalue weighted by Crippen LogP contribution is 2.69. The number of esters is 2. The predicted octanol–water partition coefficient (Wildman–Crippen LogP) is 9.33. The minimum absolute atomic E-state index is 0.00622. The van der Waals surface area contributed by atoms with Crippen LogP contribution in [0.2, 0.25) is 5.02 Å². The number of rotatable bonds is 13. The number of aromatic nitrogens is 1. The van der Waals surface area contributed by atoms with Crippen LogP contribution < -0.4 is 16.0 Å². The maximum Gasteiger partial charge on any atom is 0.407 e. The highest BCUT2D eigenvalue weighted by Gasteiger charge is 2.67. The Morgan fingerprint density at radius 1 is 0.946 bits per heavy atom. The Morgan fingerprint density at radius 3 is 2.43 bits per heavy atom. The van der Waals surface area contributed by atoms with Crippen LogP contribution in [0.5, 0.6) is 0 Å². The molecule has 0 saturated heterocycles. The summed E-state index contributed by atoms with van der Waals surface area (Å²) in [5, 5.41) is 12.1. The topological polar surface area (TPSA) is 128 Å². The van der Waals surface area contributed by atoms with Crippen molar-refractivity contribution in [3.8, 4) is 0 Å². The SMILES string of the molecule is CC(=O)O[C@H]1C[C@H]2[C@@H]([C@H](OC(C)=O)C[C@@H]3C[C@H](NC(=O)OC(C)(C)C)CC[C@@]32C)[C@@H]2CC[C@H]([C@H](C)CCCNCCCNc3ccnc4cc(Cl)ccc34)[C@@]12C. The number of carbonyl (C=O) groups is 3. The number of pyridine rings is 1. The molecule has 310 valence electrons. The Morgan fingerprint density at radius 2 is 1.70 bits per heavy atom. The van der Waals surface area contributed by atoms with Crippen LogP contribution in [0, 0.1) is 46.3 Å². The number of benzene rings is 1. The molecule has 0 spiro atoms. The zero-order chi connectivity index (χ0) is 40.4. The van der Waals surface area contributed by atoms with Crippen LogP contribution in [-0.2, 0) is 23.8 Å². The van der Waals surface area contributed by atoms with Crippen LogP contribution in [0.25, 0.3) is 10.9 Å². The molecule has 1 aromatic heterocycles. The first kappa shape index (κ1) is 42.5. The molecule has 0 bridgehead atoms. The zero-order valence-corrected chi connectivity index (χ0v) is 35.8. The van der Waals surface area contributed by atoms with Crippen molar-refractivity contribution in [3.63, 3.8) is 0 Å². The van der Waals surface area contributed by atoms with Crippen LogP contribution in [-0.4, -0.2) is 66.5 Å². The summed E-state index contributed by atoms with van der Waals surface area (Å²) in [5.41, 5.74) is 1.19. The molecule has 56 heavy (non-hydrogen) atoms. The fourth-order valence-electron chi connectivity index (χ4n) is 12.0. The maximum absolute atomic E-state index is 12.8. The van der Waals surface area contributed by atoms with E-state index in [1.165, 1.54) is 6.92 Å². The van der Waals surface area contributed by atoms with Gasteiger partial charge < -0.3 is 30.2 Å². The molecule has 0 unspecified atom stereocenters. The second-order valence-electron chi connectivity index (χ2n) is 19.0. The Balaban J connectivity index is 1.07. The monoisotopic (exact) mass is 794 g/mol. The number of anilines is 1. The van der Waals surface area contributed by atoms with Gasteiger partial charge in [0, 0.05) is 60.1 Å². The quantitative estimate of drug-likeness (QED) is 0.103. The van der Waals surface area contributed by atoms with Crippen LogP contribution in [0.15, 0.2) is 30.5 Å². The van der Waals surface area contributed by atoms with E-state index in [2.05, 4.69) is 41.7 Å². The Hall–Kier alpha value is -3.11. The van der Waals surface area contributed by atoms with Gasteiger partial charge in [-0.1, -0.05) is 32.4 Å². The predicted molar refractivity (Wildman–Crippen MR) is 221 cm³/mol. The number of halogens is 1. The fourth-order valence-corrected chi connectivity index (χ4v) is 12.2. The molecule has 11 heteroatoms. The highest BCUT2D eigenvalue weighted by molar-refractivity contribution is 6.31. The Kier molecular flexibility index (Phi) is 13.2. The average molecular weight is 796 g/mol. The van der Waals surface area contributed by atoms with E-state index in [9.17, 15) is 14.4 Å². The molecule has 1 heterocycles. The van der Waals surface area contributed by atoms with Crippen molar-refractivity contribution in [1.82, 2.24) is 15.6 Å². The largest absolute Gasteiger partial charge is 0.462 e. The van der Waals surface area contributed by atoms with Gasteiger partial charge in [-0.3, -0.25) is 14.6 Å². The zero-order valence-electron chi connectivity index (χ0n) is 35.0. The van der Waals surface area contributed by atoms with Crippen molar-refractivity contribution in [2.45, 2.75) is 143 Å². The van der Waals surface area contributed by atoms with Gasteiger partial charge in [0.15, 0.2) is 0 Å². The van der Waals surface area contributed by atoms with Crippen molar-refractivity contribution >= 4 is 46.2 Å². The van der Waals surface area contributed by atoms with Gasteiger partial charge in [0.1, 0.15) is 17.8 Å². The number of hydrogen-bond acceptors (Lipinski definition) is 9. The molecule has 10 nitrogen and oxygen atoms in total. The molecule has 0 aliphatic heterocycles. The third-order valence-electron chi connectivity index (χ3n) is 14.4. The fraction of sp³-hybridized carbons (Fsp3) is 0.733. The van der Waals surface area contributed by atoms with Gasteiger partial charge in [0.05, 0.1) is 5.52 Å². The summed E-state index contributed by atoms with van der Waals surface area (Å²) in [5.74, 6) is 1.43. The number of fused-ring (bicyclic) bond motifs is 6. The first-order valence-electron chi connectivity index (χ1n) is 21.3. The third kappa shape index (κ3) is 9.27. The molecule has 3 N–H and O–H groups in total. The Labute approximate surface area is 339 Å². The lowest BCUT2D eigenvalue weighted by atomic mass is 9.43. The minimum Gasteiger partial charge on any atom is -0.462 e. The smallest absolute Gasteiger partial charge is 0.407 e. The van der Waals surface area contributed by atoms with Crippen molar-refractivity contribution in [2.24, 2.45) is 46.3 Å². The van der Waals surface area contributed by atoms with Gasteiger partial charge in [0.2, 0.25) is 0 Å². The van der Waals surface area contributed by atoms with Gasteiger partial charge >= 0.3 is 18.0 Å². The summed E-state index contributed by atoms with van der Waals surface area (Å²) in [6.07, 6.45) is 10.6. The van der Waals surface area contributed by atoms with Crippen LogP contribution >= 0.6 is 11.6 Å². The lowest BCUT2D eigenvalue weighted by molar-refractivity contribution is -0.220. The molecule has 4 fully saturated rings. The molecule has 4 aliphatic carbocycles. The molecular weight excluding hydrogens is 728 g/mol. The first-order valence-corrected chi connectivity index (χ1v) is 21.7. The van der Waals surface area contributed by atoms with E-state index >= 15 is 0 Å². The summed E-state index contributed by atoms with van der Waals surface area (Å²) in [7, 11) is 0. The molecule has 4 aliphatic rings. The van der Waals surface area contributed by atoms with Gasteiger partial charge in [-0.25, -0.2) is 4.79 Å². The van der Waals surface area contributed by atoms with Crippen LogP contribution in [0.1, 0.15) is 120 Å². The third-order valence-corrected chi connectivity index (χ3v) is 14.6. The normalized spacial score (nSPS) is 33.0. The molecular formula is C45H67ClN4O6. The maximum atomic E-state index is 12.8. The van der Waals surface area contributed by atoms with Gasteiger partial charge in [-0.15, -0.1) is 0 Å². The highest BCUT2D eigenvalue weighted by atomic mass is 35.5. The van der Waals surface area contributed by atoms with Crippen molar-refractivity contribution in [2.75, 3.05) is 25.0 Å². The van der Waals surface area contributed by atoms with Crippen LogP contribution in [0.3, 0.4) is 0 Å². The lowest BCUT2D eigenvalue weighted by Crippen LogP contribution is -2.64. The summed E-state index contributed by atoms with van der Waals surface area (Å²) >= 11 is 6.16. The van der Waals surface area contributed by atoms with E-state index in [0.717, 1.165) is 100 Å². The van der Waals surface area contributed by atoms with Gasteiger partial charge in [-0.05, 0) is 157 Å². The number of carbonyl (C=O) groups excluding carboxylic acids is 3. The molecule has 2 aromatic rings. The van der Waals surface area contributed by atoms with Crippen LogP contribution in [0.4, 0.5) is 10.5 Å². The van der Waals surface area contributed by atoms with Crippen molar-refractivity contribution in [1.29, 1.82) is 0 Å². The number of hydrogen-bond donors (Lipinski definition) is 3. The van der Waals surface area contributed by atoms with Gasteiger partial charge in [-0.2, -0.15) is 0 Å². The van der Waals surface area contributed by atoms with E-state index in [4.69, 9.17) is 25.8 Å². The van der Waals surface area contributed by atoms with Gasteiger partial charge in [0.25, 0.3) is 0 Å². The number of nitrogens with one attached hydrogen (secondary N) is 3. The van der Waals surface area contributed by atoms with E-state index in [-0.39, 0.29) is 70.8 Å². The van der Waals surface area contributed by atoms with E-state index in [1.807, 2.05) is 51.2 Å². The molecule has 1 aromatic carbocycles. The molecule has 0 radical (unpaired) electrons. The van der Waals surface area contributed by atoms with Crippen molar-refractivity contribution < 1.29 is 28.6 Å². The second-order valence-corrected chi connectivity index (χ2v) is 19.5. The van der Waals surface area contributed by atoms with Crippen molar-refractivity contribution in [3.05, 3.63) is 35.5 Å². The molecule has 11 atom stereocenters. The molecule has 6 rings (SSSR count). The number of amides is 1. The molecule has 1 amide bonds. The second kappa shape index (κ2) is 17.4. The average Bonchev–Trinajstić information content (AvgIpc) is 3.47. The van der Waals surface area contributed by atoms with E-state index in [1.54, 1.807) is 6.92 Å². The molecule has 4 saturated carbocycles. The minimum atomic E-state index is -0.563. The summed E-state index contributed by atoms with van der Waals surface area (Å²) in [6, 6.07) is 7.83. The van der Waals surface area contributed by atoms with E-state index in [0.29, 0.717) is 16.9 Å².